The van der Waals surface area contributed by atoms with Crippen molar-refractivity contribution in [2.45, 2.75) is 19.8 Å². The molecule has 2 aromatic carbocycles. The van der Waals surface area contributed by atoms with E-state index >= 15 is 0 Å². The molecule has 134 valence electrons. The van der Waals surface area contributed by atoms with Crippen LogP contribution < -0.4 is 0 Å². The number of nitrogens with zero attached hydrogens (tertiary/aromatic N) is 2. The highest BCUT2D eigenvalue weighted by Crippen LogP contribution is 2.33. The molecule has 3 rings (SSSR count). The van der Waals surface area contributed by atoms with Gasteiger partial charge in [-0.2, -0.15) is 5.10 Å². The molecule has 7 heteroatoms. The van der Waals surface area contributed by atoms with E-state index in [0.29, 0.717) is 38.4 Å². The molecular weight excluding hydrogens is 395 g/mol. The summed E-state index contributed by atoms with van der Waals surface area (Å²) in [5, 5.41) is 15.8. The minimum absolute atomic E-state index is 0.167. The summed E-state index contributed by atoms with van der Waals surface area (Å²) in [4.78, 5) is 12.0. The highest BCUT2D eigenvalue weighted by atomic mass is 35.5. The summed E-state index contributed by atoms with van der Waals surface area (Å²) in [6, 6.07) is 12.1. The van der Waals surface area contributed by atoms with E-state index in [9.17, 15) is 9.90 Å². The highest BCUT2D eigenvalue weighted by molar-refractivity contribution is 6.42. The van der Waals surface area contributed by atoms with Crippen LogP contribution >= 0.6 is 34.8 Å². The Balaban J connectivity index is 2.27. The normalized spacial score (nSPS) is 10.9. The number of hydrogen-bond acceptors (Lipinski definition) is 2. The lowest BCUT2D eigenvalue weighted by Gasteiger charge is -2.07. The summed E-state index contributed by atoms with van der Waals surface area (Å²) in [7, 11) is 0. The number of aromatic nitrogens is 2. The lowest BCUT2D eigenvalue weighted by molar-refractivity contribution is 0.0696. The second kappa shape index (κ2) is 7.70. The minimum Gasteiger partial charge on any atom is -0.478 e. The van der Waals surface area contributed by atoms with Crippen LogP contribution in [-0.4, -0.2) is 20.9 Å². The molecule has 0 saturated carbocycles. The molecule has 1 aromatic heterocycles. The Bertz CT molecular complexity index is 966. The molecule has 1 N–H and O–H groups in total. The van der Waals surface area contributed by atoms with E-state index in [1.165, 1.54) is 0 Å². The number of halogens is 3. The van der Waals surface area contributed by atoms with Crippen molar-refractivity contribution in [1.82, 2.24) is 9.78 Å². The predicted molar refractivity (Wildman–Crippen MR) is 105 cm³/mol. The SMILES string of the molecule is CCCc1c(C(=O)O)c(-c2ccc(Cl)c(Cl)c2)nn1-c1ccc(Cl)cc1. The maximum absolute atomic E-state index is 12.0. The summed E-state index contributed by atoms with van der Waals surface area (Å²) in [5.41, 5.74) is 2.49. The number of rotatable bonds is 5. The fourth-order valence-electron chi connectivity index (χ4n) is 2.79. The topological polar surface area (TPSA) is 55.1 Å². The first kappa shape index (κ1) is 18.8. The van der Waals surface area contributed by atoms with Gasteiger partial charge in [-0.15, -0.1) is 0 Å². The van der Waals surface area contributed by atoms with Gasteiger partial charge in [0.15, 0.2) is 0 Å². The van der Waals surface area contributed by atoms with Crippen LogP contribution in [0, 0.1) is 0 Å². The van der Waals surface area contributed by atoms with E-state index in [1.807, 2.05) is 6.92 Å². The van der Waals surface area contributed by atoms with Gasteiger partial charge < -0.3 is 5.11 Å². The largest absolute Gasteiger partial charge is 0.478 e. The van der Waals surface area contributed by atoms with Crippen molar-refractivity contribution in [2.75, 3.05) is 0 Å². The van der Waals surface area contributed by atoms with Crippen LogP contribution in [0.15, 0.2) is 42.5 Å². The minimum atomic E-state index is -1.03. The van der Waals surface area contributed by atoms with Gasteiger partial charge in [-0.3, -0.25) is 0 Å². The Hall–Kier alpha value is -2.01. The number of carboxylic acids is 1. The zero-order valence-corrected chi connectivity index (χ0v) is 16.1. The quantitative estimate of drug-likeness (QED) is 0.550. The van der Waals surface area contributed by atoms with Gasteiger partial charge in [-0.25, -0.2) is 9.48 Å². The van der Waals surface area contributed by atoms with Crippen LogP contribution in [0.4, 0.5) is 0 Å². The third-order valence-electron chi connectivity index (χ3n) is 3.95. The van der Waals surface area contributed by atoms with E-state index < -0.39 is 5.97 Å². The molecule has 0 aliphatic heterocycles. The molecule has 0 amide bonds. The van der Waals surface area contributed by atoms with E-state index in [4.69, 9.17) is 34.8 Å². The molecule has 0 spiro atoms. The monoisotopic (exact) mass is 408 g/mol. The van der Waals surface area contributed by atoms with Gasteiger partial charge in [0.25, 0.3) is 0 Å². The first-order chi connectivity index (χ1) is 12.4. The fraction of sp³-hybridized carbons (Fsp3) is 0.158. The molecule has 0 radical (unpaired) electrons. The van der Waals surface area contributed by atoms with Gasteiger partial charge >= 0.3 is 5.97 Å². The molecule has 0 bridgehead atoms. The van der Waals surface area contributed by atoms with Gasteiger partial charge in [-0.1, -0.05) is 54.2 Å². The van der Waals surface area contributed by atoms with Crippen LogP contribution in [0.1, 0.15) is 29.4 Å². The Morgan fingerprint density at radius 2 is 1.77 bits per heavy atom. The molecule has 0 fully saturated rings. The molecule has 1 heterocycles. The standard InChI is InChI=1S/C19H15Cl3N2O2/c1-2-3-16-17(19(25)26)18(11-4-9-14(21)15(22)10-11)23-24(16)13-7-5-12(20)6-8-13/h4-10H,2-3H2,1H3,(H,25,26). The van der Waals surface area contributed by atoms with Gasteiger partial charge in [0.05, 0.1) is 21.4 Å². The van der Waals surface area contributed by atoms with E-state index in [1.54, 1.807) is 47.1 Å². The zero-order valence-electron chi connectivity index (χ0n) is 13.8. The van der Waals surface area contributed by atoms with Crippen molar-refractivity contribution in [3.8, 4) is 16.9 Å². The molecule has 4 nitrogen and oxygen atoms in total. The summed E-state index contributed by atoms with van der Waals surface area (Å²) >= 11 is 18.1. The van der Waals surface area contributed by atoms with Crippen LogP contribution in [0.25, 0.3) is 16.9 Å². The lowest BCUT2D eigenvalue weighted by Crippen LogP contribution is -2.06. The first-order valence-electron chi connectivity index (χ1n) is 7.99. The van der Waals surface area contributed by atoms with E-state index in [2.05, 4.69) is 5.10 Å². The van der Waals surface area contributed by atoms with E-state index in [0.717, 1.165) is 12.1 Å². The third-order valence-corrected chi connectivity index (χ3v) is 4.94. The van der Waals surface area contributed by atoms with Crippen molar-refractivity contribution in [3.63, 3.8) is 0 Å². The van der Waals surface area contributed by atoms with Crippen LogP contribution in [0.5, 0.6) is 0 Å². The Labute approximate surface area is 165 Å². The van der Waals surface area contributed by atoms with Gasteiger partial charge in [0.1, 0.15) is 11.3 Å². The second-order valence-electron chi connectivity index (χ2n) is 5.74. The van der Waals surface area contributed by atoms with E-state index in [-0.39, 0.29) is 5.56 Å². The van der Waals surface area contributed by atoms with Gasteiger partial charge in [-0.05, 0) is 42.8 Å². The summed E-state index contributed by atoms with van der Waals surface area (Å²) in [5.74, 6) is -1.03. The lowest BCUT2D eigenvalue weighted by atomic mass is 10.0. The third kappa shape index (κ3) is 3.58. The number of hydrogen-bond donors (Lipinski definition) is 1. The average Bonchev–Trinajstić information content (AvgIpc) is 2.98. The van der Waals surface area contributed by atoms with Crippen molar-refractivity contribution >= 4 is 40.8 Å². The fourth-order valence-corrected chi connectivity index (χ4v) is 3.21. The van der Waals surface area contributed by atoms with Gasteiger partial charge in [0, 0.05) is 10.6 Å². The molecule has 0 aliphatic rings. The van der Waals surface area contributed by atoms with Crippen LogP contribution in [-0.2, 0) is 6.42 Å². The molecule has 26 heavy (non-hydrogen) atoms. The molecule has 0 aliphatic carbocycles. The maximum atomic E-state index is 12.0. The summed E-state index contributed by atoms with van der Waals surface area (Å²) in [6.45, 7) is 1.99. The van der Waals surface area contributed by atoms with Crippen molar-refractivity contribution in [1.29, 1.82) is 0 Å². The number of benzene rings is 2. The first-order valence-corrected chi connectivity index (χ1v) is 9.12. The zero-order chi connectivity index (χ0) is 18.8. The Morgan fingerprint density at radius 3 is 2.35 bits per heavy atom. The second-order valence-corrected chi connectivity index (χ2v) is 6.99. The number of carboxylic acid groups (broad SMARTS) is 1. The summed E-state index contributed by atoms with van der Waals surface area (Å²) < 4.78 is 1.65. The molecule has 0 saturated heterocycles. The Kier molecular flexibility index (Phi) is 5.56. The van der Waals surface area contributed by atoms with Gasteiger partial charge in [0.2, 0.25) is 0 Å². The molecule has 0 atom stereocenters. The highest BCUT2D eigenvalue weighted by Gasteiger charge is 2.25. The summed E-state index contributed by atoms with van der Waals surface area (Å²) in [6.07, 6.45) is 1.35. The predicted octanol–water partition coefficient (Wildman–Crippen LogP) is 6.15. The van der Waals surface area contributed by atoms with Crippen LogP contribution in [0.3, 0.4) is 0 Å². The molecular formula is C19H15Cl3N2O2. The number of aromatic carboxylic acids is 1. The van der Waals surface area contributed by atoms with Crippen molar-refractivity contribution in [3.05, 3.63) is 68.8 Å². The molecule has 3 aromatic rings. The Morgan fingerprint density at radius 1 is 1.08 bits per heavy atom. The van der Waals surface area contributed by atoms with Crippen LogP contribution in [0.2, 0.25) is 15.1 Å². The maximum Gasteiger partial charge on any atom is 0.339 e. The van der Waals surface area contributed by atoms with Crippen molar-refractivity contribution < 1.29 is 9.90 Å². The molecule has 0 unspecified atom stereocenters. The smallest absolute Gasteiger partial charge is 0.339 e. The number of carbonyl (C=O) groups is 1. The average molecular weight is 410 g/mol. The van der Waals surface area contributed by atoms with Crippen molar-refractivity contribution in [2.24, 2.45) is 0 Å².